The molecule has 0 amide bonds. The molecular formula is C13H6F6N4O2. The molecule has 0 unspecified atom stereocenters. The maximum absolute atomic E-state index is 12.5. The van der Waals surface area contributed by atoms with Gasteiger partial charge in [-0.3, -0.25) is 9.36 Å². The van der Waals surface area contributed by atoms with Crippen molar-refractivity contribution in [3.05, 3.63) is 46.1 Å². The molecule has 2 rings (SSSR count). The second-order valence-corrected chi connectivity index (χ2v) is 4.55. The maximum atomic E-state index is 12.5. The Kier molecular flexibility index (Phi) is 4.35. The number of ether oxygens (including phenoxy) is 1. The van der Waals surface area contributed by atoms with E-state index < -0.39 is 46.5 Å². The molecule has 0 aliphatic rings. The van der Waals surface area contributed by atoms with Gasteiger partial charge >= 0.3 is 12.5 Å². The maximum Gasteiger partial charge on any atom is 0.573 e. The predicted octanol–water partition coefficient (Wildman–Crippen LogP) is 2.60. The van der Waals surface area contributed by atoms with E-state index in [-0.39, 0.29) is 6.07 Å². The summed E-state index contributed by atoms with van der Waals surface area (Å²) in [7, 11) is 0. The molecule has 0 radical (unpaired) electrons. The second kappa shape index (κ2) is 6.00. The van der Waals surface area contributed by atoms with Crippen LogP contribution in [0.15, 0.2) is 29.3 Å². The van der Waals surface area contributed by atoms with Crippen molar-refractivity contribution < 1.29 is 31.1 Å². The largest absolute Gasteiger partial charge is 0.573 e. The summed E-state index contributed by atoms with van der Waals surface area (Å²) in [5, 5.41) is 9.04. The number of hydrogen-bond donors (Lipinski definition) is 1. The molecule has 132 valence electrons. The molecule has 0 fully saturated rings. The Bertz CT molecular complexity index is 911. The molecule has 1 heterocycles. The van der Waals surface area contributed by atoms with E-state index in [1.807, 2.05) is 0 Å². The van der Waals surface area contributed by atoms with Crippen LogP contribution in [0.3, 0.4) is 0 Å². The van der Waals surface area contributed by atoms with Crippen LogP contribution in [-0.4, -0.2) is 15.9 Å². The van der Waals surface area contributed by atoms with Gasteiger partial charge in [-0.2, -0.15) is 18.4 Å². The smallest absolute Gasteiger partial charge is 0.406 e. The van der Waals surface area contributed by atoms with Crippen molar-refractivity contribution in [3.63, 3.8) is 0 Å². The van der Waals surface area contributed by atoms with E-state index in [0.717, 1.165) is 0 Å². The summed E-state index contributed by atoms with van der Waals surface area (Å²) in [5.74, 6) is -0.821. The number of benzene rings is 1. The zero-order valence-corrected chi connectivity index (χ0v) is 11.8. The lowest BCUT2D eigenvalue weighted by Gasteiger charge is -2.15. The predicted molar refractivity (Wildman–Crippen MR) is 70.6 cm³/mol. The Morgan fingerprint density at radius 3 is 2.28 bits per heavy atom. The number of anilines is 1. The van der Waals surface area contributed by atoms with E-state index in [1.165, 1.54) is 6.07 Å². The van der Waals surface area contributed by atoms with E-state index in [4.69, 9.17) is 11.0 Å². The Morgan fingerprint density at radius 1 is 1.16 bits per heavy atom. The van der Waals surface area contributed by atoms with Gasteiger partial charge in [0.25, 0.3) is 5.56 Å². The van der Waals surface area contributed by atoms with Crippen molar-refractivity contribution in [3.8, 4) is 17.5 Å². The minimum Gasteiger partial charge on any atom is -0.406 e. The van der Waals surface area contributed by atoms with E-state index in [9.17, 15) is 31.1 Å². The van der Waals surface area contributed by atoms with Crippen LogP contribution < -0.4 is 16.0 Å². The SMILES string of the molecule is N#Cc1cc(OC(F)(F)F)cc(N)c1-n1cnc(C(F)(F)F)cc1=O. The molecule has 0 saturated heterocycles. The summed E-state index contributed by atoms with van der Waals surface area (Å²) >= 11 is 0. The molecule has 0 atom stereocenters. The fraction of sp³-hybridized carbons (Fsp3) is 0.154. The first-order valence-electron chi connectivity index (χ1n) is 6.18. The molecular weight excluding hydrogens is 358 g/mol. The van der Waals surface area contributed by atoms with Crippen LogP contribution in [0.2, 0.25) is 0 Å². The van der Waals surface area contributed by atoms with E-state index in [0.29, 0.717) is 23.0 Å². The number of halogens is 6. The molecule has 0 saturated carbocycles. The van der Waals surface area contributed by atoms with Gasteiger partial charge in [0.15, 0.2) is 5.69 Å². The molecule has 0 bridgehead atoms. The lowest BCUT2D eigenvalue weighted by atomic mass is 10.1. The number of alkyl halides is 6. The molecule has 0 aliphatic heterocycles. The van der Waals surface area contributed by atoms with Crippen LogP contribution in [0.5, 0.6) is 5.75 Å². The number of nitrogens with two attached hydrogens (primary N) is 1. The summed E-state index contributed by atoms with van der Waals surface area (Å²) in [6, 6.07) is 2.98. The molecule has 0 spiro atoms. The molecule has 2 N–H and O–H groups in total. The van der Waals surface area contributed by atoms with E-state index in [1.54, 1.807) is 0 Å². The molecule has 25 heavy (non-hydrogen) atoms. The Morgan fingerprint density at radius 2 is 1.80 bits per heavy atom. The van der Waals surface area contributed by atoms with Crippen LogP contribution >= 0.6 is 0 Å². The monoisotopic (exact) mass is 364 g/mol. The molecule has 2 aromatic rings. The van der Waals surface area contributed by atoms with Crippen LogP contribution in [0.1, 0.15) is 11.3 Å². The lowest BCUT2D eigenvalue weighted by Crippen LogP contribution is -2.24. The van der Waals surface area contributed by atoms with Crippen molar-refractivity contribution in [2.45, 2.75) is 12.5 Å². The molecule has 6 nitrogen and oxygen atoms in total. The average molecular weight is 364 g/mol. The van der Waals surface area contributed by atoms with Gasteiger partial charge in [-0.25, -0.2) is 4.98 Å². The number of nitrogens with zero attached hydrogens (tertiary/aromatic N) is 3. The number of nitrogen functional groups attached to an aromatic ring is 1. The van der Waals surface area contributed by atoms with Gasteiger partial charge in [0.1, 0.15) is 18.1 Å². The summed E-state index contributed by atoms with van der Waals surface area (Å²) in [6.07, 6.45) is -9.44. The minimum absolute atomic E-state index is 0.167. The average Bonchev–Trinajstić information content (AvgIpc) is 2.44. The van der Waals surface area contributed by atoms with Crippen LogP contribution in [-0.2, 0) is 6.18 Å². The molecule has 12 heteroatoms. The fourth-order valence-electron chi connectivity index (χ4n) is 1.90. The Labute approximate surface area is 134 Å². The van der Waals surface area contributed by atoms with Gasteiger partial charge in [0.05, 0.1) is 16.9 Å². The minimum atomic E-state index is -5.05. The number of hydrogen-bond acceptors (Lipinski definition) is 5. The van der Waals surface area contributed by atoms with Crippen molar-refractivity contribution in [2.24, 2.45) is 0 Å². The second-order valence-electron chi connectivity index (χ2n) is 4.55. The fourth-order valence-corrected chi connectivity index (χ4v) is 1.90. The number of rotatable bonds is 2. The number of aromatic nitrogens is 2. The van der Waals surface area contributed by atoms with E-state index in [2.05, 4.69) is 9.72 Å². The van der Waals surface area contributed by atoms with Crippen molar-refractivity contribution in [1.29, 1.82) is 5.26 Å². The zero-order valence-electron chi connectivity index (χ0n) is 11.8. The van der Waals surface area contributed by atoms with Crippen molar-refractivity contribution >= 4 is 5.69 Å². The molecule has 1 aromatic heterocycles. The van der Waals surface area contributed by atoms with E-state index >= 15 is 0 Å². The Hall–Kier alpha value is -3.23. The first kappa shape index (κ1) is 18.1. The third kappa shape index (κ3) is 4.00. The highest BCUT2D eigenvalue weighted by Crippen LogP contribution is 2.31. The summed E-state index contributed by atoms with van der Waals surface area (Å²) in [6.45, 7) is 0. The van der Waals surface area contributed by atoms with Gasteiger partial charge in [0, 0.05) is 18.2 Å². The summed E-state index contributed by atoms with van der Waals surface area (Å²) in [5.41, 5.74) is 1.40. The normalized spacial score (nSPS) is 11.9. The van der Waals surface area contributed by atoms with Crippen molar-refractivity contribution in [2.75, 3.05) is 5.73 Å². The van der Waals surface area contributed by atoms with Crippen molar-refractivity contribution in [1.82, 2.24) is 9.55 Å². The standard InChI is InChI=1S/C13H6F6N4O2/c14-12(15,16)9-3-10(24)23(5-22-9)11-6(4-20)1-7(2-8(11)21)25-13(17,18)19/h1-3,5H,21H2. The van der Waals surface area contributed by atoms with Crippen LogP contribution in [0.4, 0.5) is 32.0 Å². The summed E-state index contributed by atoms with van der Waals surface area (Å²) in [4.78, 5) is 14.9. The van der Waals surface area contributed by atoms with Crippen LogP contribution in [0.25, 0.3) is 5.69 Å². The Balaban J connectivity index is 2.61. The van der Waals surface area contributed by atoms with Gasteiger partial charge in [-0.15, -0.1) is 13.2 Å². The third-order valence-corrected chi connectivity index (χ3v) is 2.81. The first-order valence-corrected chi connectivity index (χ1v) is 6.18. The zero-order chi connectivity index (χ0) is 19.0. The lowest BCUT2D eigenvalue weighted by molar-refractivity contribution is -0.274. The van der Waals surface area contributed by atoms with Gasteiger partial charge in [-0.1, -0.05) is 0 Å². The summed E-state index contributed by atoms with van der Waals surface area (Å²) < 4.78 is 78.4. The highest BCUT2D eigenvalue weighted by atomic mass is 19.4. The third-order valence-electron chi connectivity index (χ3n) is 2.81. The van der Waals surface area contributed by atoms with Gasteiger partial charge in [0.2, 0.25) is 0 Å². The molecule has 0 aliphatic carbocycles. The van der Waals surface area contributed by atoms with Crippen LogP contribution in [0, 0.1) is 11.3 Å². The highest BCUT2D eigenvalue weighted by molar-refractivity contribution is 5.68. The first-order chi connectivity index (χ1) is 11.4. The quantitative estimate of drug-likeness (QED) is 0.653. The highest BCUT2D eigenvalue weighted by Gasteiger charge is 2.34. The number of nitriles is 1. The topological polar surface area (TPSA) is 93.9 Å². The van der Waals surface area contributed by atoms with Gasteiger partial charge in [-0.05, 0) is 0 Å². The van der Waals surface area contributed by atoms with Gasteiger partial charge < -0.3 is 10.5 Å². The molecule has 1 aromatic carbocycles.